The van der Waals surface area contributed by atoms with E-state index in [1.807, 2.05) is 18.2 Å². The van der Waals surface area contributed by atoms with Gasteiger partial charge in [-0.2, -0.15) is 4.98 Å². The number of nitrogens with zero attached hydrogens (tertiary/aromatic N) is 3. The van der Waals surface area contributed by atoms with Gasteiger partial charge < -0.3 is 20.8 Å². The molecule has 0 fully saturated rings. The standard InChI is InChI=1S/C20H27N5O2S2/c1-13(2)10-15(11-27)22-17-16-18(23-19(29-16)21-8-9-26)25-20(24-17)28-12-14-6-4-3-5-7-14/h3-7,13,15,26-27H,8-12H2,1-2H3,(H2,21,22,23,24,25)/t15-/m1/s1. The second-order valence-electron chi connectivity index (χ2n) is 7.10. The highest BCUT2D eigenvalue weighted by Gasteiger charge is 2.17. The minimum atomic E-state index is -0.0870. The Morgan fingerprint density at radius 3 is 2.59 bits per heavy atom. The zero-order valence-corrected chi connectivity index (χ0v) is 18.3. The zero-order valence-electron chi connectivity index (χ0n) is 16.6. The molecule has 9 heteroatoms. The van der Waals surface area contributed by atoms with Gasteiger partial charge in [-0.15, -0.1) is 0 Å². The van der Waals surface area contributed by atoms with Crippen LogP contribution < -0.4 is 10.6 Å². The highest BCUT2D eigenvalue weighted by atomic mass is 32.2. The molecule has 3 rings (SSSR count). The Kier molecular flexibility index (Phi) is 8.05. The number of thiazole rings is 1. The number of benzene rings is 1. The van der Waals surface area contributed by atoms with Crippen molar-refractivity contribution in [3.8, 4) is 0 Å². The first-order valence-corrected chi connectivity index (χ1v) is 11.5. The molecule has 2 aromatic heterocycles. The Bertz CT molecular complexity index is 905. The zero-order chi connectivity index (χ0) is 20.6. The van der Waals surface area contributed by atoms with Gasteiger partial charge in [0.15, 0.2) is 21.8 Å². The molecular formula is C20H27N5O2S2. The van der Waals surface area contributed by atoms with E-state index in [-0.39, 0.29) is 19.3 Å². The minimum absolute atomic E-state index is 0.0323. The van der Waals surface area contributed by atoms with Gasteiger partial charge in [0.1, 0.15) is 4.70 Å². The van der Waals surface area contributed by atoms with E-state index >= 15 is 0 Å². The van der Waals surface area contributed by atoms with E-state index in [1.54, 1.807) is 11.8 Å². The van der Waals surface area contributed by atoms with Gasteiger partial charge >= 0.3 is 0 Å². The molecule has 3 aromatic rings. The summed E-state index contributed by atoms with van der Waals surface area (Å²) in [5, 5.41) is 26.7. The normalized spacial score (nSPS) is 12.4. The van der Waals surface area contributed by atoms with Gasteiger partial charge in [0, 0.05) is 12.3 Å². The molecule has 7 nitrogen and oxygen atoms in total. The first kappa shape index (κ1) is 21.8. The summed E-state index contributed by atoms with van der Waals surface area (Å²) >= 11 is 3.00. The maximum atomic E-state index is 9.79. The molecule has 0 spiro atoms. The van der Waals surface area contributed by atoms with Crippen molar-refractivity contribution in [2.45, 2.75) is 37.2 Å². The summed E-state index contributed by atoms with van der Waals surface area (Å²) in [4.78, 5) is 13.9. The van der Waals surface area contributed by atoms with Crippen LogP contribution in [0.3, 0.4) is 0 Å². The predicted molar refractivity (Wildman–Crippen MR) is 121 cm³/mol. The minimum Gasteiger partial charge on any atom is -0.395 e. The van der Waals surface area contributed by atoms with Crippen molar-refractivity contribution in [1.29, 1.82) is 0 Å². The summed E-state index contributed by atoms with van der Waals surface area (Å²) in [6.45, 7) is 4.75. The van der Waals surface area contributed by atoms with Crippen LogP contribution in [0.25, 0.3) is 10.3 Å². The van der Waals surface area contributed by atoms with Gasteiger partial charge in [-0.25, -0.2) is 9.97 Å². The molecule has 0 saturated carbocycles. The third kappa shape index (κ3) is 6.27. The molecule has 0 unspecified atom stereocenters. The topological polar surface area (TPSA) is 103 Å². The molecule has 0 amide bonds. The lowest BCUT2D eigenvalue weighted by Crippen LogP contribution is -2.26. The first-order valence-electron chi connectivity index (χ1n) is 9.66. The number of anilines is 2. The second kappa shape index (κ2) is 10.7. The Labute approximate surface area is 179 Å². The fourth-order valence-electron chi connectivity index (χ4n) is 2.87. The molecule has 1 atom stereocenters. The van der Waals surface area contributed by atoms with Gasteiger partial charge in [0.25, 0.3) is 0 Å². The number of aliphatic hydroxyl groups excluding tert-OH is 2. The maximum absolute atomic E-state index is 9.79. The summed E-state index contributed by atoms with van der Waals surface area (Å²) in [7, 11) is 0. The van der Waals surface area contributed by atoms with E-state index in [4.69, 9.17) is 10.1 Å². The van der Waals surface area contributed by atoms with E-state index in [0.717, 1.165) is 16.9 Å². The molecule has 156 valence electrons. The van der Waals surface area contributed by atoms with Crippen LogP contribution in [0.2, 0.25) is 0 Å². The van der Waals surface area contributed by atoms with Crippen molar-refractivity contribution in [2.75, 3.05) is 30.4 Å². The van der Waals surface area contributed by atoms with E-state index in [2.05, 4.69) is 46.6 Å². The lowest BCUT2D eigenvalue weighted by atomic mass is 10.0. The Morgan fingerprint density at radius 2 is 1.90 bits per heavy atom. The molecule has 0 aliphatic rings. The number of hydrogen-bond acceptors (Lipinski definition) is 9. The first-order chi connectivity index (χ1) is 14.1. The van der Waals surface area contributed by atoms with Crippen molar-refractivity contribution in [3.63, 3.8) is 0 Å². The monoisotopic (exact) mass is 433 g/mol. The van der Waals surface area contributed by atoms with Gasteiger partial charge in [-0.1, -0.05) is 67.3 Å². The van der Waals surface area contributed by atoms with Gasteiger partial charge in [-0.3, -0.25) is 0 Å². The van der Waals surface area contributed by atoms with Crippen LogP contribution in [0.15, 0.2) is 35.5 Å². The van der Waals surface area contributed by atoms with Crippen LogP contribution in [0.5, 0.6) is 0 Å². The second-order valence-corrected chi connectivity index (χ2v) is 9.05. The van der Waals surface area contributed by atoms with Gasteiger partial charge in [0.05, 0.1) is 19.3 Å². The Morgan fingerprint density at radius 1 is 1.10 bits per heavy atom. The van der Waals surface area contributed by atoms with Crippen molar-refractivity contribution in [2.24, 2.45) is 5.92 Å². The number of thioether (sulfide) groups is 1. The van der Waals surface area contributed by atoms with Crippen molar-refractivity contribution < 1.29 is 10.2 Å². The molecule has 0 aliphatic carbocycles. The number of fused-ring (bicyclic) bond motifs is 1. The van der Waals surface area contributed by atoms with Gasteiger partial charge in [0.2, 0.25) is 0 Å². The summed E-state index contributed by atoms with van der Waals surface area (Å²) in [6, 6.07) is 10.1. The predicted octanol–water partition coefficient (Wildman–Crippen LogP) is 3.60. The molecule has 0 bridgehead atoms. The summed E-state index contributed by atoms with van der Waals surface area (Å²) in [6.07, 6.45) is 0.836. The average molecular weight is 434 g/mol. The number of rotatable bonds is 11. The van der Waals surface area contributed by atoms with E-state index in [9.17, 15) is 5.11 Å². The highest BCUT2D eigenvalue weighted by Crippen LogP contribution is 2.33. The van der Waals surface area contributed by atoms with E-state index < -0.39 is 0 Å². The van der Waals surface area contributed by atoms with E-state index in [0.29, 0.717) is 34.2 Å². The van der Waals surface area contributed by atoms with Crippen LogP contribution in [-0.4, -0.2) is 51.0 Å². The Balaban J connectivity index is 1.88. The van der Waals surface area contributed by atoms with Crippen LogP contribution in [0, 0.1) is 5.92 Å². The quantitative estimate of drug-likeness (QED) is 0.269. The van der Waals surface area contributed by atoms with Crippen LogP contribution >= 0.6 is 23.1 Å². The Hall–Kier alpha value is -1.94. The molecule has 2 heterocycles. The van der Waals surface area contributed by atoms with Crippen molar-refractivity contribution in [3.05, 3.63) is 35.9 Å². The summed E-state index contributed by atoms with van der Waals surface area (Å²) in [5.41, 5.74) is 1.82. The molecule has 1 aromatic carbocycles. The lowest BCUT2D eigenvalue weighted by Gasteiger charge is -2.19. The lowest BCUT2D eigenvalue weighted by molar-refractivity contribution is 0.259. The van der Waals surface area contributed by atoms with Crippen LogP contribution in [0.4, 0.5) is 10.9 Å². The fourth-order valence-corrected chi connectivity index (χ4v) is 4.55. The largest absolute Gasteiger partial charge is 0.395 e. The smallest absolute Gasteiger partial charge is 0.191 e. The number of hydrogen-bond donors (Lipinski definition) is 4. The van der Waals surface area contributed by atoms with Crippen LogP contribution in [0.1, 0.15) is 25.8 Å². The summed E-state index contributed by atoms with van der Waals surface area (Å²) in [5.74, 6) is 1.91. The molecular weight excluding hydrogens is 406 g/mol. The molecule has 0 aliphatic heterocycles. The third-order valence-corrected chi connectivity index (χ3v) is 6.08. The average Bonchev–Trinajstić information content (AvgIpc) is 3.13. The van der Waals surface area contributed by atoms with Gasteiger partial charge in [-0.05, 0) is 17.9 Å². The number of aliphatic hydroxyl groups is 2. The maximum Gasteiger partial charge on any atom is 0.191 e. The SMILES string of the molecule is CC(C)C[C@H](CO)Nc1nc(SCc2ccccc2)nc2nc(NCCO)sc12. The fraction of sp³-hybridized carbons (Fsp3) is 0.450. The third-order valence-electron chi connectivity index (χ3n) is 4.15. The number of aromatic nitrogens is 3. The molecule has 0 saturated heterocycles. The molecule has 29 heavy (non-hydrogen) atoms. The summed E-state index contributed by atoms with van der Waals surface area (Å²) < 4.78 is 0.844. The van der Waals surface area contributed by atoms with Crippen molar-refractivity contribution >= 4 is 44.4 Å². The number of nitrogens with one attached hydrogen (secondary N) is 2. The van der Waals surface area contributed by atoms with Crippen LogP contribution in [-0.2, 0) is 5.75 Å². The molecule has 4 N–H and O–H groups in total. The van der Waals surface area contributed by atoms with E-state index in [1.165, 1.54) is 16.9 Å². The van der Waals surface area contributed by atoms with Crippen molar-refractivity contribution in [1.82, 2.24) is 15.0 Å². The molecule has 0 radical (unpaired) electrons. The highest BCUT2D eigenvalue weighted by molar-refractivity contribution is 7.98.